The smallest absolute Gasteiger partial charge is 0.115 e. The Morgan fingerprint density at radius 3 is 2.78 bits per heavy atom. The minimum absolute atomic E-state index is 0.272. The SMILES string of the molecule is CCCNC(c1cccs1)c1nc(CC)c(C)s1. The predicted octanol–water partition coefficient (Wildman–Crippen LogP) is 4.16. The zero-order valence-corrected chi connectivity index (χ0v) is 12.8. The van der Waals surface area contributed by atoms with E-state index in [0.29, 0.717) is 0 Å². The van der Waals surface area contributed by atoms with Gasteiger partial charge in [0.15, 0.2) is 0 Å². The van der Waals surface area contributed by atoms with Crippen molar-refractivity contribution < 1.29 is 0 Å². The van der Waals surface area contributed by atoms with Gasteiger partial charge in [0.2, 0.25) is 0 Å². The van der Waals surface area contributed by atoms with Crippen LogP contribution < -0.4 is 5.32 Å². The summed E-state index contributed by atoms with van der Waals surface area (Å²) in [5.74, 6) is 0. The van der Waals surface area contributed by atoms with E-state index in [1.165, 1.54) is 20.5 Å². The Hall–Kier alpha value is -0.710. The van der Waals surface area contributed by atoms with Crippen LogP contribution in [0.2, 0.25) is 0 Å². The number of thiazole rings is 1. The highest BCUT2D eigenvalue weighted by Gasteiger charge is 2.19. The van der Waals surface area contributed by atoms with Gasteiger partial charge in [-0.3, -0.25) is 0 Å². The summed E-state index contributed by atoms with van der Waals surface area (Å²) in [7, 11) is 0. The first-order valence-corrected chi connectivity index (χ1v) is 8.18. The molecule has 0 aliphatic rings. The molecule has 98 valence electrons. The third-order valence-corrected chi connectivity index (χ3v) is 4.93. The molecule has 0 fully saturated rings. The van der Waals surface area contributed by atoms with Crippen molar-refractivity contribution in [2.75, 3.05) is 6.54 Å². The van der Waals surface area contributed by atoms with Crippen LogP contribution in [0.3, 0.4) is 0 Å². The molecule has 0 aliphatic heterocycles. The molecule has 0 aromatic carbocycles. The van der Waals surface area contributed by atoms with Gasteiger partial charge in [-0.05, 0) is 37.8 Å². The summed E-state index contributed by atoms with van der Waals surface area (Å²) in [5.41, 5.74) is 1.25. The number of nitrogens with one attached hydrogen (secondary N) is 1. The van der Waals surface area contributed by atoms with Crippen molar-refractivity contribution in [1.82, 2.24) is 10.3 Å². The first-order valence-electron chi connectivity index (χ1n) is 6.49. The van der Waals surface area contributed by atoms with Gasteiger partial charge in [0, 0.05) is 9.75 Å². The van der Waals surface area contributed by atoms with Crippen molar-refractivity contribution in [3.05, 3.63) is 38.0 Å². The Morgan fingerprint density at radius 2 is 2.22 bits per heavy atom. The number of rotatable bonds is 6. The minimum atomic E-state index is 0.272. The van der Waals surface area contributed by atoms with Gasteiger partial charge >= 0.3 is 0 Å². The van der Waals surface area contributed by atoms with Gasteiger partial charge < -0.3 is 5.32 Å². The summed E-state index contributed by atoms with van der Waals surface area (Å²) in [6, 6.07) is 4.58. The Labute approximate surface area is 117 Å². The maximum atomic E-state index is 4.80. The lowest BCUT2D eigenvalue weighted by molar-refractivity contribution is 0.602. The topological polar surface area (TPSA) is 24.9 Å². The van der Waals surface area contributed by atoms with Crippen LogP contribution in [0.5, 0.6) is 0 Å². The van der Waals surface area contributed by atoms with Crippen LogP contribution in [0.4, 0.5) is 0 Å². The summed E-state index contributed by atoms with van der Waals surface area (Å²) >= 11 is 3.63. The number of aromatic nitrogens is 1. The molecule has 2 heterocycles. The van der Waals surface area contributed by atoms with Crippen LogP contribution in [-0.4, -0.2) is 11.5 Å². The third-order valence-electron chi connectivity index (χ3n) is 2.92. The highest BCUT2D eigenvalue weighted by molar-refractivity contribution is 7.12. The average Bonchev–Trinajstić information content (AvgIpc) is 3.00. The summed E-state index contributed by atoms with van der Waals surface area (Å²) in [4.78, 5) is 7.52. The molecule has 0 radical (unpaired) electrons. The molecule has 2 nitrogen and oxygen atoms in total. The Balaban J connectivity index is 2.27. The van der Waals surface area contributed by atoms with Gasteiger partial charge in [-0.25, -0.2) is 4.98 Å². The molecule has 0 aliphatic carbocycles. The van der Waals surface area contributed by atoms with Gasteiger partial charge in [-0.2, -0.15) is 0 Å². The maximum Gasteiger partial charge on any atom is 0.115 e. The Morgan fingerprint density at radius 1 is 1.39 bits per heavy atom. The largest absolute Gasteiger partial charge is 0.304 e. The van der Waals surface area contributed by atoms with Crippen LogP contribution in [0.15, 0.2) is 17.5 Å². The second-order valence-corrected chi connectivity index (χ2v) is 6.53. The number of hydrogen-bond donors (Lipinski definition) is 1. The van der Waals surface area contributed by atoms with Crippen molar-refractivity contribution in [3.8, 4) is 0 Å². The fourth-order valence-electron chi connectivity index (χ4n) is 1.96. The normalized spacial score (nSPS) is 12.8. The summed E-state index contributed by atoms with van der Waals surface area (Å²) < 4.78 is 0. The molecular formula is C14H20N2S2. The summed E-state index contributed by atoms with van der Waals surface area (Å²) in [6.07, 6.45) is 2.17. The van der Waals surface area contributed by atoms with E-state index in [1.54, 1.807) is 11.3 Å². The molecule has 2 rings (SSSR count). The Bertz CT molecular complexity index is 474. The molecule has 2 aromatic heterocycles. The summed E-state index contributed by atoms with van der Waals surface area (Å²) in [5, 5.41) is 6.96. The van der Waals surface area contributed by atoms with E-state index >= 15 is 0 Å². The van der Waals surface area contributed by atoms with Crippen molar-refractivity contribution in [1.29, 1.82) is 0 Å². The zero-order chi connectivity index (χ0) is 13.0. The highest BCUT2D eigenvalue weighted by atomic mass is 32.1. The molecule has 1 atom stereocenters. The number of aryl methyl sites for hydroxylation is 2. The van der Waals surface area contributed by atoms with E-state index in [9.17, 15) is 0 Å². The first-order chi connectivity index (χ1) is 8.76. The average molecular weight is 280 g/mol. The molecule has 0 amide bonds. The van der Waals surface area contributed by atoms with Crippen LogP contribution >= 0.6 is 22.7 Å². The van der Waals surface area contributed by atoms with Gasteiger partial charge in [-0.15, -0.1) is 22.7 Å². The molecule has 2 aromatic rings. The number of thiophene rings is 1. The van der Waals surface area contributed by atoms with Crippen LogP contribution in [0.25, 0.3) is 0 Å². The number of hydrogen-bond acceptors (Lipinski definition) is 4. The first kappa shape index (κ1) is 13.7. The molecule has 1 unspecified atom stereocenters. The van der Waals surface area contributed by atoms with Crippen molar-refractivity contribution in [2.45, 2.75) is 39.7 Å². The molecule has 0 saturated carbocycles. The molecule has 18 heavy (non-hydrogen) atoms. The van der Waals surface area contributed by atoms with Crippen molar-refractivity contribution in [2.24, 2.45) is 0 Å². The molecular weight excluding hydrogens is 260 g/mol. The summed E-state index contributed by atoms with van der Waals surface area (Å²) in [6.45, 7) is 7.57. The quantitative estimate of drug-likeness (QED) is 0.859. The van der Waals surface area contributed by atoms with Crippen LogP contribution in [0, 0.1) is 6.92 Å². The maximum absolute atomic E-state index is 4.80. The second kappa shape index (κ2) is 6.45. The van der Waals surface area contributed by atoms with E-state index in [4.69, 9.17) is 4.98 Å². The molecule has 0 spiro atoms. The van der Waals surface area contributed by atoms with E-state index < -0.39 is 0 Å². The molecule has 4 heteroatoms. The lowest BCUT2D eigenvalue weighted by Gasteiger charge is -2.14. The molecule has 1 N–H and O–H groups in total. The van der Waals surface area contributed by atoms with Gasteiger partial charge in [0.05, 0.1) is 11.7 Å². The molecule has 0 bridgehead atoms. The van der Waals surface area contributed by atoms with Gasteiger partial charge in [0.25, 0.3) is 0 Å². The van der Waals surface area contributed by atoms with Gasteiger partial charge in [0.1, 0.15) is 5.01 Å². The van der Waals surface area contributed by atoms with Crippen molar-refractivity contribution in [3.63, 3.8) is 0 Å². The molecule has 0 saturated heterocycles. The minimum Gasteiger partial charge on any atom is -0.304 e. The zero-order valence-electron chi connectivity index (χ0n) is 11.2. The third kappa shape index (κ3) is 2.99. The van der Waals surface area contributed by atoms with Gasteiger partial charge in [-0.1, -0.05) is 19.9 Å². The fourth-order valence-corrected chi connectivity index (χ4v) is 3.94. The lowest BCUT2D eigenvalue weighted by Crippen LogP contribution is -2.22. The lowest BCUT2D eigenvalue weighted by atomic mass is 10.2. The van der Waals surface area contributed by atoms with Crippen molar-refractivity contribution >= 4 is 22.7 Å². The standard InChI is InChI=1S/C14H20N2S2/c1-4-8-15-13(12-7-6-9-17-12)14-16-11(5-2)10(3)18-14/h6-7,9,13,15H,4-5,8H2,1-3H3. The van der Waals surface area contributed by atoms with E-state index in [1.807, 2.05) is 11.3 Å². The van der Waals surface area contributed by atoms with E-state index in [0.717, 1.165) is 19.4 Å². The van der Waals surface area contributed by atoms with Crippen LogP contribution in [0.1, 0.15) is 46.8 Å². The van der Waals surface area contributed by atoms with E-state index in [-0.39, 0.29) is 6.04 Å². The highest BCUT2D eigenvalue weighted by Crippen LogP contribution is 2.30. The predicted molar refractivity (Wildman–Crippen MR) is 80.7 cm³/mol. The van der Waals surface area contributed by atoms with E-state index in [2.05, 4.69) is 43.6 Å². The Kier molecular flexibility index (Phi) is 4.92. The second-order valence-electron chi connectivity index (χ2n) is 4.31. The fraction of sp³-hybridized carbons (Fsp3) is 0.500. The number of nitrogens with zero attached hydrogens (tertiary/aromatic N) is 1. The monoisotopic (exact) mass is 280 g/mol. The van der Waals surface area contributed by atoms with Crippen LogP contribution in [-0.2, 0) is 6.42 Å².